The number of oxime groups is 1. The smallest absolute Gasteiger partial charge is 0.328 e. The third kappa shape index (κ3) is 5.70. The van der Waals surface area contributed by atoms with Gasteiger partial charge in [-0.15, -0.1) is 6.42 Å². The summed E-state index contributed by atoms with van der Waals surface area (Å²) in [6, 6.07) is -2.49. The van der Waals surface area contributed by atoms with E-state index in [0.29, 0.717) is 24.2 Å². The maximum Gasteiger partial charge on any atom is 0.328 e. The van der Waals surface area contributed by atoms with E-state index < -0.39 is 41.6 Å². The lowest BCUT2D eigenvalue weighted by Gasteiger charge is -2.58. The summed E-state index contributed by atoms with van der Waals surface area (Å²) in [5.41, 5.74) is 0.998. The van der Waals surface area contributed by atoms with Crippen LogP contribution >= 0.6 is 0 Å². The monoisotopic (exact) mass is 585 g/mol. The average Bonchev–Trinajstić information content (AvgIpc) is 3.20. The van der Waals surface area contributed by atoms with Crippen LogP contribution in [0.4, 0.5) is 0 Å². The summed E-state index contributed by atoms with van der Waals surface area (Å²) in [6.07, 6.45) is 14.0. The number of carboxylic acids is 1. The summed E-state index contributed by atoms with van der Waals surface area (Å²) in [7, 11) is 0. The van der Waals surface area contributed by atoms with Crippen molar-refractivity contribution in [2.24, 2.45) is 39.7 Å². The number of nitrogens with zero attached hydrogens (tertiary/aromatic N) is 1. The van der Waals surface area contributed by atoms with Gasteiger partial charge < -0.3 is 30.8 Å². The highest BCUT2D eigenvalue weighted by Gasteiger charge is 2.63. The summed E-state index contributed by atoms with van der Waals surface area (Å²) in [6.45, 7) is 8.89. The number of hydrogen-bond donors (Lipinski definition) is 5. The van der Waals surface area contributed by atoms with Crippen molar-refractivity contribution >= 4 is 23.5 Å². The van der Waals surface area contributed by atoms with E-state index in [4.69, 9.17) is 11.3 Å². The lowest BCUT2D eigenvalue weighted by molar-refractivity contribution is -0.145. The Hall–Kier alpha value is -2.90. The predicted octanol–water partition coefficient (Wildman–Crippen LogP) is 2.78. The molecule has 0 aromatic carbocycles. The number of carboxylic acid groups (broad SMARTS) is 1. The van der Waals surface area contributed by atoms with Crippen LogP contribution in [-0.4, -0.2) is 69.2 Å². The summed E-state index contributed by atoms with van der Waals surface area (Å²) in [5, 5.41) is 39.2. The van der Waals surface area contributed by atoms with E-state index in [0.717, 1.165) is 50.7 Å². The normalized spacial score (nSPS) is 36.8. The highest BCUT2D eigenvalue weighted by molar-refractivity contribution is 5.96. The molecule has 4 aliphatic rings. The van der Waals surface area contributed by atoms with Crippen molar-refractivity contribution in [2.75, 3.05) is 6.61 Å². The van der Waals surface area contributed by atoms with E-state index in [9.17, 15) is 29.7 Å². The number of carbonyl (C=O) groups excluding carboxylic acids is 2. The molecule has 0 radical (unpaired) electrons. The van der Waals surface area contributed by atoms with Gasteiger partial charge in [0.2, 0.25) is 5.91 Å². The standard InChI is InChI=1S/C32H47N3O7/c1-7-32(41)15-12-24-22-9-8-20-16-21(10-13-30(20,5)23(22)11-14-31(24,32)6)35-42-17-25(37)33-26(18(2)3)28(38)34-27(19(4)36)29(39)40/h1,16,18-19,22-24,26-27,36,41H,8-15,17H2,2-6H3,(H,33,37)(H,34,38)(H,39,40)/b35-21-/t19-,22+,23-,24-,26+,27+,30-,31-,32+/m0/s1. The molecule has 3 saturated carbocycles. The Kier molecular flexibility index (Phi) is 9.15. The summed E-state index contributed by atoms with van der Waals surface area (Å²) in [5.74, 6) is 1.31. The summed E-state index contributed by atoms with van der Waals surface area (Å²) < 4.78 is 0. The van der Waals surface area contributed by atoms with Crippen molar-refractivity contribution < 1.29 is 34.5 Å². The molecule has 42 heavy (non-hydrogen) atoms. The molecule has 0 aliphatic heterocycles. The van der Waals surface area contributed by atoms with Crippen LogP contribution in [0.5, 0.6) is 0 Å². The number of terminal acetylenes is 1. The first-order valence-electron chi connectivity index (χ1n) is 15.3. The van der Waals surface area contributed by atoms with Gasteiger partial charge in [-0.25, -0.2) is 4.79 Å². The van der Waals surface area contributed by atoms with Crippen molar-refractivity contribution in [3.63, 3.8) is 0 Å². The maximum absolute atomic E-state index is 12.7. The highest BCUT2D eigenvalue weighted by Crippen LogP contribution is 2.67. The molecular formula is C32H47N3O7. The quantitative estimate of drug-likeness (QED) is 0.206. The van der Waals surface area contributed by atoms with E-state index >= 15 is 0 Å². The van der Waals surface area contributed by atoms with Gasteiger partial charge in [0.1, 0.15) is 11.6 Å². The Labute approximate surface area is 248 Å². The van der Waals surface area contributed by atoms with E-state index in [1.54, 1.807) is 13.8 Å². The van der Waals surface area contributed by atoms with Crippen LogP contribution in [0.2, 0.25) is 0 Å². The molecule has 0 unspecified atom stereocenters. The number of aliphatic carboxylic acids is 1. The van der Waals surface area contributed by atoms with Crippen LogP contribution in [-0.2, 0) is 19.2 Å². The molecule has 0 bridgehead atoms. The molecule has 2 amide bonds. The molecule has 0 aromatic heterocycles. The van der Waals surface area contributed by atoms with Crippen LogP contribution in [0, 0.1) is 46.8 Å². The molecule has 0 heterocycles. The fraction of sp³-hybridized carbons (Fsp3) is 0.750. The number of nitrogens with one attached hydrogen (secondary N) is 2. The predicted molar refractivity (Wildman–Crippen MR) is 157 cm³/mol. The Morgan fingerprint density at radius 2 is 1.76 bits per heavy atom. The van der Waals surface area contributed by atoms with E-state index in [-0.39, 0.29) is 23.4 Å². The third-order valence-corrected chi connectivity index (χ3v) is 11.1. The van der Waals surface area contributed by atoms with Crippen LogP contribution in [0.25, 0.3) is 0 Å². The number of allylic oxidation sites excluding steroid dienone is 2. The molecule has 232 valence electrons. The number of amides is 2. The Morgan fingerprint density at radius 3 is 2.38 bits per heavy atom. The Balaban J connectivity index is 1.36. The van der Waals surface area contributed by atoms with Gasteiger partial charge in [0.25, 0.3) is 5.91 Å². The van der Waals surface area contributed by atoms with Gasteiger partial charge >= 0.3 is 5.97 Å². The number of aliphatic hydroxyl groups excluding tert-OH is 1. The number of rotatable bonds is 9. The van der Waals surface area contributed by atoms with Crippen molar-refractivity contribution in [3.05, 3.63) is 11.6 Å². The summed E-state index contributed by atoms with van der Waals surface area (Å²) >= 11 is 0. The minimum atomic E-state index is -1.49. The van der Waals surface area contributed by atoms with Gasteiger partial charge in [0.15, 0.2) is 12.6 Å². The van der Waals surface area contributed by atoms with Crippen molar-refractivity contribution in [3.8, 4) is 12.3 Å². The highest BCUT2D eigenvalue weighted by atomic mass is 16.6. The van der Waals surface area contributed by atoms with Crippen LogP contribution in [0.1, 0.15) is 86.0 Å². The van der Waals surface area contributed by atoms with E-state index in [1.807, 2.05) is 0 Å². The third-order valence-electron chi connectivity index (χ3n) is 11.1. The molecule has 9 atom stereocenters. The number of hydrogen-bond acceptors (Lipinski definition) is 7. The first-order chi connectivity index (χ1) is 19.7. The van der Waals surface area contributed by atoms with Gasteiger partial charge in [0, 0.05) is 5.41 Å². The SMILES string of the molecule is C#C[C@@]1(O)CC[C@H]2[C@@H]3CCC4=C/C(=N\OCC(=O)N[C@@H](C(=O)N[C@@H](C(=O)O)[C@H](C)O)C(C)C)CC[C@]4(C)[C@H]3CC[C@@]21C. The zero-order valence-electron chi connectivity index (χ0n) is 25.5. The molecule has 0 saturated heterocycles. The second-order valence-corrected chi connectivity index (χ2v) is 13.7. The van der Waals surface area contributed by atoms with Crippen molar-refractivity contribution in [1.82, 2.24) is 10.6 Å². The average molecular weight is 586 g/mol. The molecule has 5 N–H and O–H groups in total. The fourth-order valence-electron chi connectivity index (χ4n) is 8.45. The van der Waals surface area contributed by atoms with Gasteiger partial charge in [-0.05, 0) is 93.5 Å². The first-order valence-corrected chi connectivity index (χ1v) is 15.3. The van der Waals surface area contributed by atoms with Crippen LogP contribution < -0.4 is 10.6 Å². The lowest BCUT2D eigenvalue weighted by atomic mass is 9.46. The van der Waals surface area contributed by atoms with E-state index in [2.05, 4.69) is 41.6 Å². The summed E-state index contributed by atoms with van der Waals surface area (Å²) in [4.78, 5) is 42.0. The van der Waals surface area contributed by atoms with Gasteiger partial charge in [0.05, 0.1) is 11.8 Å². The molecular weight excluding hydrogens is 538 g/mol. The maximum atomic E-state index is 12.7. The fourth-order valence-corrected chi connectivity index (χ4v) is 8.45. The minimum Gasteiger partial charge on any atom is -0.480 e. The molecule has 10 nitrogen and oxygen atoms in total. The van der Waals surface area contributed by atoms with Gasteiger partial charge in [-0.1, -0.05) is 44.3 Å². The molecule has 0 spiro atoms. The van der Waals surface area contributed by atoms with Crippen LogP contribution in [0.3, 0.4) is 0 Å². The molecule has 4 rings (SSSR count). The molecule has 4 aliphatic carbocycles. The second kappa shape index (κ2) is 12.0. The first kappa shape index (κ1) is 32.0. The number of aliphatic hydroxyl groups is 2. The number of fused-ring (bicyclic) bond motifs is 5. The largest absolute Gasteiger partial charge is 0.480 e. The molecule has 0 aromatic rings. The van der Waals surface area contributed by atoms with Gasteiger partial charge in [-0.3, -0.25) is 9.59 Å². The van der Waals surface area contributed by atoms with Crippen LogP contribution in [0.15, 0.2) is 16.8 Å². The topological polar surface area (TPSA) is 158 Å². The lowest BCUT2D eigenvalue weighted by Crippen LogP contribution is -2.56. The minimum absolute atomic E-state index is 0.0647. The zero-order valence-corrected chi connectivity index (χ0v) is 25.5. The molecule has 10 heteroatoms. The second-order valence-electron chi connectivity index (χ2n) is 13.7. The Bertz CT molecular complexity index is 1190. The Morgan fingerprint density at radius 1 is 1.07 bits per heavy atom. The van der Waals surface area contributed by atoms with Crippen molar-refractivity contribution in [2.45, 2.75) is 110 Å². The zero-order chi connectivity index (χ0) is 31.0. The molecule has 3 fully saturated rings. The van der Waals surface area contributed by atoms with E-state index in [1.165, 1.54) is 12.5 Å². The van der Waals surface area contributed by atoms with Crippen molar-refractivity contribution in [1.29, 1.82) is 0 Å². The van der Waals surface area contributed by atoms with Gasteiger partial charge in [-0.2, -0.15) is 0 Å². The number of carbonyl (C=O) groups is 3.